The van der Waals surface area contributed by atoms with Gasteiger partial charge in [0.15, 0.2) is 5.96 Å². The second-order valence-electron chi connectivity index (χ2n) is 7.68. The lowest BCUT2D eigenvalue weighted by atomic mass is 9.95. The van der Waals surface area contributed by atoms with Gasteiger partial charge in [0.25, 0.3) is 0 Å². The molecule has 1 aromatic rings. The molecule has 0 bridgehead atoms. The van der Waals surface area contributed by atoms with Gasteiger partial charge in [-0.2, -0.15) is 0 Å². The van der Waals surface area contributed by atoms with Crippen LogP contribution in [0.15, 0.2) is 29.3 Å². The van der Waals surface area contributed by atoms with E-state index in [1.807, 2.05) is 12.1 Å². The van der Waals surface area contributed by atoms with E-state index in [4.69, 9.17) is 4.74 Å². The summed E-state index contributed by atoms with van der Waals surface area (Å²) in [6.45, 7) is 2.96. The van der Waals surface area contributed by atoms with Gasteiger partial charge in [-0.3, -0.25) is 4.79 Å². The van der Waals surface area contributed by atoms with E-state index >= 15 is 0 Å². The van der Waals surface area contributed by atoms with E-state index in [-0.39, 0.29) is 23.7 Å². The smallest absolute Gasteiger partial charge is 0.243 e. The number of likely N-dealkylation sites (N-methyl/N-ethyl adjacent to an activating group) is 1. The lowest BCUT2D eigenvalue weighted by Gasteiger charge is -2.21. The summed E-state index contributed by atoms with van der Waals surface area (Å²) in [4.78, 5) is 17.8. The molecule has 0 spiro atoms. The fourth-order valence-electron chi connectivity index (χ4n) is 3.28. The third-order valence-corrected chi connectivity index (χ3v) is 5.35. The number of benzene rings is 1. The first-order valence-corrected chi connectivity index (χ1v) is 9.55. The molecule has 1 heterocycles. The maximum absolute atomic E-state index is 14.2. The lowest BCUT2D eigenvalue weighted by Crippen LogP contribution is -2.44. The molecule has 7 heteroatoms. The molecule has 3 rings (SSSR count). The van der Waals surface area contributed by atoms with E-state index in [2.05, 4.69) is 15.6 Å². The molecular weight excluding hydrogens is 347 g/mol. The molecule has 27 heavy (non-hydrogen) atoms. The van der Waals surface area contributed by atoms with E-state index in [1.54, 1.807) is 20.2 Å². The summed E-state index contributed by atoms with van der Waals surface area (Å²) in [7, 11) is 3.43. The van der Waals surface area contributed by atoms with Crippen LogP contribution in [0.25, 0.3) is 0 Å². The summed E-state index contributed by atoms with van der Waals surface area (Å²) >= 11 is 0. The minimum atomic E-state index is -0.185. The molecule has 6 nitrogen and oxygen atoms in total. The van der Waals surface area contributed by atoms with E-state index in [0.29, 0.717) is 18.4 Å². The van der Waals surface area contributed by atoms with Gasteiger partial charge in [0, 0.05) is 45.1 Å². The van der Waals surface area contributed by atoms with Crippen LogP contribution in [0.5, 0.6) is 0 Å². The number of nitrogens with one attached hydrogen (secondary N) is 2. The molecule has 148 valence electrons. The number of carbonyl (C=O) groups excluding carboxylic acids is 1. The number of guanidine groups is 1. The van der Waals surface area contributed by atoms with Gasteiger partial charge in [-0.1, -0.05) is 18.2 Å². The minimum Gasteiger partial charge on any atom is -0.381 e. The average Bonchev–Trinajstić information content (AvgIpc) is 3.25. The highest BCUT2D eigenvalue weighted by Gasteiger charge is 2.45. The second-order valence-corrected chi connectivity index (χ2v) is 7.68. The van der Waals surface area contributed by atoms with E-state index < -0.39 is 0 Å². The summed E-state index contributed by atoms with van der Waals surface area (Å²) < 4.78 is 19.6. The summed E-state index contributed by atoms with van der Waals surface area (Å²) in [6, 6.07) is 6.97. The standard InChI is InChI=1S/C20H29FN4O2/c1-25(2)18(26)12-23-19(22-11-15-7-10-27-13-15)24-14-20(8-9-20)16-5-3-4-6-17(16)21/h3-6,15H,7-14H2,1-2H3,(H2,22,23,24). The highest BCUT2D eigenvalue weighted by molar-refractivity contribution is 5.84. The van der Waals surface area contributed by atoms with Crippen molar-refractivity contribution >= 4 is 11.9 Å². The molecule has 1 unspecified atom stereocenters. The zero-order valence-corrected chi connectivity index (χ0v) is 16.1. The molecule has 1 saturated heterocycles. The Balaban J connectivity index is 1.62. The topological polar surface area (TPSA) is 66.0 Å². The molecule has 0 aromatic heterocycles. The monoisotopic (exact) mass is 376 g/mol. The first-order chi connectivity index (χ1) is 13.0. The fourth-order valence-corrected chi connectivity index (χ4v) is 3.28. The van der Waals surface area contributed by atoms with Crippen molar-refractivity contribution in [2.45, 2.75) is 24.7 Å². The summed E-state index contributed by atoms with van der Waals surface area (Å²) in [6.07, 6.45) is 2.92. The van der Waals surface area contributed by atoms with E-state index in [0.717, 1.165) is 44.6 Å². The quantitative estimate of drug-likeness (QED) is 0.559. The molecule has 2 N–H and O–H groups in total. The van der Waals surface area contributed by atoms with Gasteiger partial charge >= 0.3 is 0 Å². The van der Waals surface area contributed by atoms with Crippen molar-refractivity contribution in [3.63, 3.8) is 0 Å². The Kier molecular flexibility index (Phi) is 6.31. The first-order valence-electron chi connectivity index (χ1n) is 9.55. The van der Waals surface area contributed by atoms with Crippen LogP contribution in [-0.2, 0) is 14.9 Å². The SMILES string of the molecule is CN(C)C(=O)CN=C(NCC1CCOC1)NCC1(c2ccccc2F)CC1. The van der Waals surface area contributed by atoms with Gasteiger partial charge in [-0.15, -0.1) is 0 Å². The summed E-state index contributed by atoms with van der Waals surface area (Å²) in [5.41, 5.74) is 0.570. The minimum absolute atomic E-state index is 0.0597. The Labute approximate surface area is 160 Å². The molecule has 0 radical (unpaired) electrons. The van der Waals surface area contributed by atoms with Gasteiger partial charge in [0.2, 0.25) is 5.91 Å². The molecule has 1 aliphatic carbocycles. The second kappa shape index (κ2) is 8.69. The number of hydrogen-bond acceptors (Lipinski definition) is 3. The van der Waals surface area contributed by atoms with Crippen LogP contribution in [0.4, 0.5) is 4.39 Å². The third-order valence-electron chi connectivity index (χ3n) is 5.35. The number of amides is 1. The van der Waals surface area contributed by atoms with Crippen molar-refractivity contribution in [1.82, 2.24) is 15.5 Å². The Morgan fingerprint density at radius 2 is 2.11 bits per heavy atom. The summed E-state index contributed by atoms with van der Waals surface area (Å²) in [5, 5.41) is 6.64. The molecule has 1 atom stereocenters. The summed E-state index contributed by atoms with van der Waals surface area (Å²) in [5.74, 6) is 0.826. The molecule has 1 aliphatic heterocycles. The number of ether oxygens (including phenoxy) is 1. The fraction of sp³-hybridized carbons (Fsp3) is 0.600. The zero-order chi connectivity index (χ0) is 19.3. The molecule has 2 aliphatic rings. The maximum Gasteiger partial charge on any atom is 0.243 e. The van der Waals surface area contributed by atoms with Crippen molar-refractivity contribution < 1.29 is 13.9 Å². The lowest BCUT2D eigenvalue weighted by molar-refractivity contribution is -0.127. The van der Waals surface area contributed by atoms with Crippen LogP contribution in [0.2, 0.25) is 0 Å². The van der Waals surface area contributed by atoms with Gasteiger partial charge in [-0.25, -0.2) is 9.38 Å². The molecular formula is C20H29FN4O2. The van der Waals surface area contributed by atoms with E-state index in [1.165, 1.54) is 11.0 Å². The van der Waals surface area contributed by atoms with Crippen molar-refractivity contribution in [2.75, 3.05) is 46.9 Å². The number of nitrogens with zero attached hydrogens (tertiary/aromatic N) is 2. The largest absolute Gasteiger partial charge is 0.381 e. The Bertz CT molecular complexity index is 682. The van der Waals surface area contributed by atoms with Crippen molar-refractivity contribution in [2.24, 2.45) is 10.9 Å². The molecule has 1 aromatic carbocycles. The van der Waals surface area contributed by atoms with Crippen molar-refractivity contribution in [3.05, 3.63) is 35.6 Å². The normalized spacial score (nSPS) is 21.0. The number of carbonyl (C=O) groups is 1. The van der Waals surface area contributed by atoms with Gasteiger partial charge in [-0.05, 0) is 30.9 Å². The third kappa shape index (κ3) is 5.19. The number of rotatable bonds is 7. The van der Waals surface area contributed by atoms with Crippen LogP contribution in [-0.4, -0.2) is 63.7 Å². The Morgan fingerprint density at radius 1 is 1.33 bits per heavy atom. The van der Waals surface area contributed by atoms with E-state index in [9.17, 15) is 9.18 Å². The highest BCUT2D eigenvalue weighted by Crippen LogP contribution is 2.48. The van der Waals surface area contributed by atoms with Gasteiger partial charge in [0.1, 0.15) is 12.4 Å². The Hall–Kier alpha value is -2.15. The van der Waals surface area contributed by atoms with Gasteiger partial charge in [0.05, 0.1) is 6.61 Å². The zero-order valence-electron chi connectivity index (χ0n) is 16.1. The number of hydrogen-bond donors (Lipinski definition) is 2. The predicted octanol–water partition coefficient (Wildman–Crippen LogP) is 1.52. The number of aliphatic imine (C=N–C) groups is 1. The van der Waals surface area contributed by atoms with Crippen molar-refractivity contribution in [3.8, 4) is 0 Å². The van der Waals surface area contributed by atoms with Gasteiger partial charge < -0.3 is 20.3 Å². The van der Waals surface area contributed by atoms with Crippen LogP contribution >= 0.6 is 0 Å². The maximum atomic E-state index is 14.2. The average molecular weight is 376 g/mol. The Morgan fingerprint density at radius 3 is 2.74 bits per heavy atom. The van der Waals surface area contributed by atoms with Crippen LogP contribution in [0, 0.1) is 11.7 Å². The molecule has 1 amide bonds. The van der Waals surface area contributed by atoms with Crippen molar-refractivity contribution in [1.29, 1.82) is 0 Å². The molecule has 1 saturated carbocycles. The first kappa shape index (κ1) is 19.6. The van der Waals surface area contributed by atoms with Crippen LogP contribution in [0.1, 0.15) is 24.8 Å². The highest BCUT2D eigenvalue weighted by atomic mass is 19.1. The molecule has 2 fully saturated rings. The van der Waals surface area contributed by atoms with Crippen LogP contribution in [0.3, 0.4) is 0 Å². The van der Waals surface area contributed by atoms with Crippen LogP contribution < -0.4 is 10.6 Å². The number of halogens is 1. The predicted molar refractivity (Wildman–Crippen MR) is 103 cm³/mol.